The lowest BCUT2D eigenvalue weighted by atomic mass is 10.1. The highest BCUT2D eigenvalue weighted by Gasteiger charge is 2.16. The number of fused-ring (bicyclic) bond motifs is 1. The molecule has 1 atom stereocenters. The van der Waals surface area contributed by atoms with Crippen LogP contribution in [0.25, 0.3) is 22.2 Å². The van der Waals surface area contributed by atoms with Crippen LogP contribution in [-0.2, 0) is 9.47 Å². The molecule has 3 aromatic heterocycles. The second kappa shape index (κ2) is 7.68. The first-order chi connectivity index (χ1) is 13.2. The molecule has 1 saturated heterocycles. The van der Waals surface area contributed by atoms with Gasteiger partial charge in [0.25, 0.3) is 0 Å². The number of pyridine rings is 2. The van der Waals surface area contributed by atoms with Gasteiger partial charge in [-0.3, -0.25) is 15.4 Å². The number of rotatable bonds is 4. The molecule has 0 aromatic carbocycles. The number of ether oxygens (including phenoxy) is 2. The van der Waals surface area contributed by atoms with Crippen LogP contribution in [0.5, 0.6) is 0 Å². The molecule has 9 heteroatoms. The molecular formula is C18H20N6O3. The zero-order valence-electron chi connectivity index (χ0n) is 14.9. The molecule has 0 unspecified atom stereocenters. The first-order valence-corrected chi connectivity index (χ1v) is 8.70. The summed E-state index contributed by atoms with van der Waals surface area (Å²) in [6.07, 6.45) is 3.32. The maximum atomic E-state index is 12.1. The molecule has 9 nitrogen and oxygen atoms in total. The molecule has 27 heavy (non-hydrogen) atoms. The van der Waals surface area contributed by atoms with E-state index in [2.05, 4.69) is 30.8 Å². The Morgan fingerprint density at radius 2 is 2.26 bits per heavy atom. The lowest BCUT2D eigenvalue weighted by Crippen LogP contribution is -2.41. The third-order valence-corrected chi connectivity index (χ3v) is 4.23. The van der Waals surface area contributed by atoms with Gasteiger partial charge in [-0.05, 0) is 19.1 Å². The highest BCUT2D eigenvalue weighted by atomic mass is 16.6. The van der Waals surface area contributed by atoms with Crippen LogP contribution in [0.3, 0.4) is 0 Å². The number of aryl methyl sites for hydroxylation is 1. The number of aromatic nitrogens is 4. The fourth-order valence-electron chi connectivity index (χ4n) is 2.92. The molecule has 0 saturated carbocycles. The summed E-state index contributed by atoms with van der Waals surface area (Å²) in [7, 11) is 0. The van der Waals surface area contributed by atoms with Gasteiger partial charge in [0.05, 0.1) is 31.4 Å². The van der Waals surface area contributed by atoms with E-state index >= 15 is 0 Å². The number of nitrogens with zero attached hydrogens (tertiary/aromatic N) is 3. The Labute approximate surface area is 155 Å². The van der Waals surface area contributed by atoms with E-state index in [9.17, 15) is 4.79 Å². The van der Waals surface area contributed by atoms with Crippen molar-refractivity contribution in [2.24, 2.45) is 0 Å². The van der Waals surface area contributed by atoms with Crippen LogP contribution in [0, 0.1) is 6.92 Å². The standard InChI is InChI=1S/C18H20N6O3/c1-11-6-12(2-3-19-11)17-14-9-20-16(7-15(14)23-24-17)22-18(25)21-8-13-10-26-4-5-27-13/h2-3,6-7,9,13H,4-5,8,10H2,1H3,(H,23,24)(H2,20,21,22,25)/t13-/m1/s1. The fourth-order valence-corrected chi connectivity index (χ4v) is 2.92. The molecule has 0 bridgehead atoms. The number of nitrogens with one attached hydrogen (secondary N) is 3. The van der Waals surface area contributed by atoms with E-state index in [0.717, 1.165) is 27.9 Å². The van der Waals surface area contributed by atoms with Crippen molar-refractivity contribution in [3.8, 4) is 11.3 Å². The summed E-state index contributed by atoms with van der Waals surface area (Å²) in [5.41, 5.74) is 3.46. The number of hydrogen-bond donors (Lipinski definition) is 3. The van der Waals surface area contributed by atoms with Crippen molar-refractivity contribution in [1.82, 2.24) is 25.5 Å². The first-order valence-electron chi connectivity index (χ1n) is 8.70. The molecule has 3 N–H and O–H groups in total. The van der Waals surface area contributed by atoms with E-state index < -0.39 is 0 Å². The zero-order valence-corrected chi connectivity index (χ0v) is 14.9. The summed E-state index contributed by atoms with van der Waals surface area (Å²) in [5.74, 6) is 0.432. The second-order valence-corrected chi connectivity index (χ2v) is 6.28. The van der Waals surface area contributed by atoms with Crippen molar-refractivity contribution in [3.63, 3.8) is 0 Å². The minimum atomic E-state index is -0.347. The lowest BCUT2D eigenvalue weighted by Gasteiger charge is -2.23. The van der Waals surface area contributed by atoms with E-state index in [1.807, 2.05) is 19.1 Å². The molecule has 2 amide bonds. The van der Waals surface area contributed by atoms with Crippen molar-refractivity contribution in [2.45, 2.75) is 13.0 Å². The number of carbonyl (C=O) groups is 1. The monoisotopic (exact) mass is 368 g/mol. The quantitative estimate of drug-likeness (QED) is 0.648. The summed E-state index contributed by atoms with van der Waals surface area (Å²) in [5, 5.41) is 13.7. The summed E-state index contributed by atoms with van der Waals surface area (Å²) in [6.45, 7) is 3.94. The van der Waals surface area contributed by atoms with Crippen LogP contribution in [-0.4, -0.2) is 58.7 Å². The molecule has 4 rings (SSSR count). The third-order valence-electron chi connectivity index (χ3n) is 4.23. The van der Waals surface area contributed by atoms with Gasteiger partial charge in [0, 0.05) is 41.6 Å². The number of hydrogen-bond acceptors (Lipinski definition) is 6. The van der Waals surface area contributed by atoms with Gasteiger partial charge < -0.3 is 14.8 Å². The number of aromatic amines is 1. The summed E-state index contributed by atoms with van der Waals surface area (Å²) in [6, 6.07) is 5.27. The van der Waals surface area contributed by atoms with Crippen molar-refractivity contribution in [2.75, 3.05) is 31.7 Å². The van der Waals surface area contributed by atoms with Gasteiger partial charge in [0.1, 0.15) is 11.5 Å². The van der Waals surface area contributed by atoms with Crippen LogP contribution in [0.4, 0.5) is 10.6 Å². The van der Waals surface area contributed by atoms with Gasteiger partial charge in [-0.25, -0.2) is 9.78 Å². The topological polar surface area (TPSA) is 114 Å². The van der Waals surface area contributed by atoms with E-state index in [0.29, 0.717) is 32.2 Å². The van der Waals surface area contributed by atoms with E-state index in [1.54, 1.807) is 18.5 Å². The van der Waals surface area contributed by atoms with Crippen molar-refractivity contribution >= 4 is 22.8 Å². The summed E-state index contributed by atoms with van der Waals surface area (Å²) in [4.78, 5) is 20.6. The number of H-pyrrole nitrogens is 1. The fraction of sp³-hybridized carbons (Fsp3) is 0.333. The summed E-state index contributed by atoms with van der Waals surface area (Å²) >= 11 is 0. The molecule has 4 heterocycles. The maximum absolute atomic E-state index is 12.1. The highest BCUT2D eigenvalue weighted by molar-refractivity contribution is 5.95. The van der Waals surface area contributed by atoms with Crippen LogP contribution in [0.1, 0.15) is 5.69 Å². The van der Waals surface area contributed by atoms with Gasteiger partial charge in [-0.15, -0.1) is 0 Å². The van der Waals surface area contributed by atoms with Crippen molar-refractivity contribution in [3.05, 3.63) is 36.3 Å². The minimum absolute atomic E-state index is 0.126. The van der Waals surface area contributed by atoms with Crippen LogP contribution >= 0.6 is 0 Å². The molecular weight excluding hydrogens is 348 g/mol. The molecule has 140 valence electrons. The number of amides is 2. The average Bonchev–Trinajstić information content (AvgIpc) is 3.10. The third kappa shape index (κ3) is 4.04. The number of anilines is 1. The predicted molar refractivity (Wildman–Crippen MR) is 99.4 cm³/mol. The molecule has 3 aromatic rings. The second-order valence-electron chi connectivity index (χ2n) is 6.28. The Bertz CT molecular complexity index is 951. The predicted octanol–water partition coefficient (Wildman–Crippen LogP) is 1.87. The van der Waals surface area contributed by atoms with Gasteiger partial charge >= 0.3 is 6.03 Å². The van der Waals surface area contributed by atoms with Crippen LogP contribution < -0.4 is 10.6 Å². The van der Waals surface area contributed by atoms with E-state index in [4.69, 9.17) is 9.47 Å². The van der Waals surface area contributed by atoms with Gasteiger partial charge in [0.15, 0.2) is 0 Å². The average molecular weight is 368 g/mol. The molecule has 1 fully saturated rings. The van der Waals surface area contributed by atoms with E-state index in [-0.39, 0.29) is 12.1 Å². The molecule has 1 aliphatic rings. The number of urea groups is 1. The Morgan fingerprint density at radius 3 is 3.07 bits per heavy atom. The minimum Gasteiger partial charge on any atom is -0.376 e. The first kappa shape index (κ1) is 17.4. The zero-order chi connectivity index (χ0) is 18.6. The molecule has 0 spiro atoms. The highest BCUT2D eigenvalue weighted by Crippen LogP contribution is 2.26. The Balaban J connectivity index is 1.43. The van der Waals surface area contributed by atoms with Crippen molar-refractivity contribution in [1.29, 1.82) is 0 Å². The Morgan fingerprint density at radius 1 is 1.33 bits per heavy atom. The maximum Gasteiger partial charge on any atom is 0.320 e. The van der Waals surface area contributed by atoms with Gasteiger partial charge in [-0.1, -0.05) is 0 Å². The SMILES string of the molecule is Cc1cc(-c2n[nH]c3cc(NC(=O)NC[C@@H]4COCCO4)ncc23)ccn1. The van der Waals surface area contributed by atoms with Gasteiger partial charge in [0.2, 0.25) is 0 Å². The smallest absolute Gasteiger partial charge is 0.320 e. The Kier molecular flexibility index (Phi) is 4.95. The molecule has 0 radical (unpaired) electrons. The van der Waals surface area contributed by atoms with E-state index in [1.165, 1.54) is 0 Å². The molecule has 1 aliphatic heterocycles. The van der Waals surface area contributed by atoms with Crippen LogP contribution in [0.2, 0.25) is 0 Å². The lowest BCUT2D eigenvalue weighted by molar-refractivity contribution is -0.0852. The van der Waals surface area contributed by atoms with Crippen LogP contribution in [0.15, 0.2) is 30.6 Å². The number of carbonyl (C=O) groups excluding carboxylic acids is 1. The Hall–Kier alpha value is -3.04. The largest absolute Gasteiger partial charge is 0.376 e. The normalized spacial score (nSPS) is 17.0. The summed E-state index contributed by atoms with van der Waals surface area (Å²) < 4.78 is 10.8. The molecule has 0 aliphatic carbocycles. The van der Waals surface area contributed by atoms with Gasteiger partial charge in [-0.2, -0.15) is 5.10 Å². The van der Waals surface area contributed by atoms with Crippen molar-refractivity contribution < 1.29 is 14.3 Å².